The summed E-state index contributed by atoms with van der Waals surface area (Å²) in [7, 11) is 3.23. The molecule has 0 aliphatic rings. The molecular weight excluding hydrogens is 230 g/mol. The van der Waals surface area contributed by atoms with Crippen LogP contribution in [0.15, 0.2) is 30.5 Å². The van der Waals surface area contributed by atoms with Crippen LogP contribution >= 0.6 is 0 Å². The summed E-state index contributed by atoms with van der Waals surface area (Å²) in [4.78, 5) is 23.1. The van der Waals surface area contributed by atoms with E-state index in [1.807, 2.05) is 42.1 Å². The highest BCUT2D eigenvalue weighted by atomic mass is 16.5. The number of ether oxygens (including phenoxy) is 1. The highest BCUT2D eigenvalue weighted by Gasteiger charge is 2.14. The first kappa shape index (κ1) is 12.4. The number of fused-ring (bicyclic) bond motifs is 1. The smallest absolute Gasteiger partial charge is 0.305 e. The Hall–Kier alpha value is -2.10. The summed E-state index contributed by atoms with van der Waals surface area (Å²) >= 11 is 0. The lowest BCUT2D eigenvalue weighted by Crippen LogP contribution is -2.05. The molecule has 0 aliphatic carbocycles. The molecule has 1 heterocycles. The fourth-order valence-corrected chi connectivity index (χ4v) is 2.02. The predicted molar refractivity (Wildman–Crippen MR) is 68.5 cm³/mol. The number of hydrogen-bond donors (Lipinski definition) is 0. The van der Waals surface area contributed by atoms with Crippen molar-refractivity contribution >= 4 is 22.7 Å². The van der Waals surface area contributed by atoms with Crippen molar-refractivity contribution in [3.8, 4) is 0 Å². The fraction of sp³-hybridized carbons (Fsp3) is 0.286. The number of carbonyl (C=O) groups excluding carboxylic acids is 2. The van der Waals surface area contributed by atoms with Crippen LogP contribution < -0.4 is 0 Å². The normalized spacial score (nSPS) is 10.6. The van der Waals surface area contributed by atoms with E-state index >= 15 is 0 Å². The van der Waals surface area contributed by atoms with E-state index in [0.717, 1.165) is 10.9 Å². The molecule has 4 heteroatoms. The van der Waals surface area contributed by atoms with Crippen LogP contribution in [0, 0.1) is 0 Å². The van der Waals surface area contributed by atoms with Crippen LogP contribution in [0.25, 0.3) is 10.9 Å². The van der Waals surface area contributed by atoms with Crippen LogP contribution in [-0.4, -0.2) is 23.4 Å². The van der Waals surface area contributed by atoms with Gasteiger partial charge in [0, 0.05) is 36.1 Å². The third-order valence-electron chi connectivity index (χ3n) is 2.98. The minimum Gasteiger partial charge on any atom is -0.469 e. The van der Waals surface area contributed by atoms with Crippen molar-refractivity contribution < 1.29 is 14.3 Å². The van der Waals surface area contributed by atoms with E-state index in [-0.39, 0.29) is 24.6 Å². The first-order valence-electron chi connectivity index (χ1n) is 5.77. The molecule has 2 aromatic rings. The Morgan fingerprint density at radius 1 is 1.22 bits per heavy atom. The van der Waals surface area contributed by atoms with Crippen LogP contribution in [0.1, 0.15) is 23.2 Å². The zero-order chi connectivity index (χ0) is 13.1. The van der Waals surface area contributed by atoms with E-state index in [9.17, 15) is 9.59 Å². The number of rotatable bonds is 4. The highest BCUT2D eigenvalue weighted by molar-refractivity contribution is 6.08. The van der Waals surface area contributed by atoms with Gasteiger partial charge in [0.25, 0.3) is 0 Å². The number of nitrogens with zero attached hydrogens (tertiary/aromatic N) is 1. The SMILES string of the molecule is COC(=O)CCC(=O)c1cn(C)c2ccccc12. The Labute approximate surface area is 105 Å². The molecular formula is C14H15NO3. The first-order valence-corrected chi connectivity index (χ1v) is 5.77. The van der Waals surface area contributed by atoms with Gasteiger partial charge in [-0.3, -0.25) is 9.59 Å². The van der Waals surface area contributed by atoms with Gasteiger partial charge in [-0.05, 0) is 6.07 Å². The first-order chi connectivity index (χ1) is 8.63. The van der Waals surface area contributed by atoms with Gasteiger partial charge in [-0.15, -0.1) is 0 Å². The van der Waals surface area contributed by atoms with Crippen LogP contribution in [0.3, 0.4) is 0 Å². The summed E-state index contributed by atoms with van der Waals surface area (Å²) in [5, 5.41) is 0.926. The zero-order valence-corrected chi connectivity index (χ0v) is 10.5. The van der Waals surface area contributed by atoms with Crippen molar-refractivity contribution in [3.05, 3.63) is 36.0 Å². The van der Waals surface area contributed by atoms with E-state index in [4.69, 9.17) is 0 Å². The number of carbonyl (C=O) groups is 2. The van der Waals surface area contributed by atoms with Gasteiger partial charge in [-0.25, -0.2) is 0 Å². The Balaban J connectivity index is 2.25. The molecule has 4 nitrogen and oxygen atoms in total. The molecule has 0 saturated heterocycles. The Morgan fingerprint density at radius 2 is 1.94 bits per heavy atom. The third kappa shape index (κ3) is 2.27. The molecule has 0 atom stereocenters. The predicted octanol–water partition coefficient (Wildman–Crippen LogP) is 2.31. The maximum atomic E-state index is 12.1. The van der Waals surface area contributed by atoms with Gasteiger partial charge in [-0.2, -0.15) is 0 Å². The lowest BCUT2D eigenvalue weighted by molar-refractivity contribution is -0.140. The van der Waals surface area contributed by atoms with Gasteiger partial charge < -0.3 is 9.30 Å². The van der Waals surface area contributed by atoms with Gasteiger partial charge in [0.15, 0.2) is 5.78 Å². The van der Waals surface area contributed by atoms with Crippen molar-refractivity contribution in [1.29, 1.82) is 0 Å². The molecule has 2 rings (SSSR count). The molecule has 0 aliphatic heterocycles. The minimum atomic E-state index is -0.358. The number of esters is 1. The van der Waals surface area contributed by atoms with Crippen LogP contribution in [-0.2, 0) is 16.6 Å². The minimum absolute atomic E-state index is 0.0304. The summed E-state index contributed by atoms with van der Waals surface area (Å²) in [6.07, 6.45) is 2.11. The van der Waals surface area contributed by atoms with E-state index < -0.39 is 0 Å². The zero-order valence-electron chi connectivity index (χ0n) is 10.5. The summed E-state index contributed by atoms with van der Waals surface area (Å²) in [5.41, 5.74) is 1.68. The summed E-state index contributed by atoms with van der Waals surface area (Å²) in [6, 6.07) is 7.72. The maximum absolute atomic E-state index is 12.1. The molecule has 0 amide bonds. The van der Waals surface area contributed by atoms with Crippen molar-refractivity contribution in [1.82, 2.24) is 4.57 Å². The maximum Gasteiger partial charge on any atom is 0.305 e. The number of hydrogen-bond acceptors (Lipinski definition) is 3. The lowest BCUT2D eigenvalue weighted by Gasteiger charge is -1.99. The molecule has 0 spiro atoms. The topological polar surface area (TPSA) is 48.3 Å². The summed E-state index contributed by atoms with van der Waals surface area (Å²) < 4.78 is 6.45. The van der Waals surface area contributed by atoms with Crippen molar-refractivity contribution in [2.45, 2.75) is 12.8 Å². The molecule has 0 fully saturated rings. The van der Waals surface area contributed by atoms with Crippen LogP contribution in [0.5, 0.6) is 0 Å². The van der Waals surface area contributed by atoms with Crippen LogP contribution in [0.2, 0.25) is 0 Å². The monoisotopic (exact) mass is 245 g/mol. The Morgan fingerprint density at radius 3 is 2.67 bits per heavy atom. The number of benzene rings is 1. The summed E-state index contributed by atoms with van der Waals surface area (Å²) in [6.45, 7) is 0. The largest absolute Gasteiger partial charge is 0.469 e. The molecule has 1 aromatic carbocycles. The molecule has 18 heavy (non-hydrogen) atoms. The standard InChI is InChI=1S/C14H15NO3/c1-15-9-11(10-5-3-4-6-12(10)15)13(16)7-8-14(17)18-2/h3-6,9H,7-8H2,1-2H3. The van der Waals surface area contributed by atoms with Gasteiger partial charge in [-0.1, -0.05) is 18.2 Å². The fourth-order valence-electron chi connectivity index (χ4n) is 2.02. The number of aryl methyl sites for hydroxylation is 1. The number of methoxy groups -OCH3 is 1. The van der Waals surface area contributed by atoms with Crippen molar-refractivity contribution in [2.75, 3.05) is 7.11 Å². The van der Waals surface area contributed by atoms with Gasteiger partial charge in [0.2, 0.25) is 0 Å². The molecule has 0 unspecified atom stereocenters. The van der Waals surface area contributed by atoms with Crippen molar-refractivity contribution in [3.63, 3.8) is 0 Å². The van der Waals surface area contributed by atoms with E-state index in [1.165, 1.54) is 7.11 Å². The van der Waals surface area contributed by atoms with Crippen molar-refractivity contribution in [2.24, 2.45) is 7.05 Å². The molecule has 0 saturated carbocycles. The van der Waals surface area contributed by atoms with Gasteiger partial charge >= 0.3 is 5.97 Å². The summed E-state index contributed by atoms with van der Waals surface area (Å²) in [5.74, 6) is -0.388. The molecule has 0 N–H and O–H groups in total. The number of ketones is 1. The van der Waals surface area contributed by atoms with E-state index in [0.29, 0.717) is 5.56 Å². The second-order valence-electron chi connectivity index (χ2n) is 4.17. The second kappa shape index (κ2) is 5.04. The average Bonchev–Trinajstić information content (AvgIpc) is 2.74. The quantitative estimate of drug-likeness (QED) is 0.613. The molecule has 94 valence electrons. The number of Topliss-reactive ketones (excluding diaryl/α,β-unsaturated/α-hetero) is 1. The Bertz CT molecular complexity index is 598. The van der Waals surface area contributed by atoms with Gasteiger partial charge in [0.1, 0.15) is 0 Å². The van der Waals surface area contributed by atoms with Crippen LogP contribution in [0.4, 0.5) is 0 Å². The van der Waals surface area contributed by atoms with E-state index in [2.05, 4.69) is 4.74 Å². The lowest BCUT2D eigenvalue weighted by atomic mass is 10.1. The highest BCUT2D eigenvalue weighted by Crippen LogP contribution is 2.21. The Kier molecular flexibility index (Phi) is 3.46. The molecule has 0 bridgehead atoms. The average molecular weight is 245 g/mol. The molecule has 1 aromatic heterocycles. The third-order valence-corrected chi connectivity index (χ3v) is 2.98. The second-order valence-corrected chi connectivity index (χ2v) is 4.17. The number of para-hydroxylation sites is 1. The van der Waals surface area contributed by atoms with Gasteiger partial charge in [0.05, 0.1) is 13.5 Å². The molecule has 0 radical (unpaired) electrons. The number of aromatic nitrogens is 1. The van der Waals surface area contributed by atoms with E-state index in [1.54, 1.807) is 0 Å².